The average Bonchev–Trinajstić information content (AvgIpc) is 2.78. The van der Waals surface area contributed by atoms with Crippen molar-refractivity contribution in [1.29, 1.82) is 0 Å². The van der Waals surface area contributed by atoms with Gasteiger partial charge in [-0.15, -0.1) is 0 Å². The van der Waals surface area contributed by atoms with Crippen LogP contribution in [0.2, 0.25) is 0 Å². The quantitative estimate of drug-likeness (QED) is 0.289. The van der Waals surface area contributed by atoms with Gasteiger partial charge in [-0.05, 0) is 59.2 Å². The van der Waals surface area contributed by atoms with Gasteiger partial charge in [-0.1, -0.05) is 94.0 Å². The molecule has 3 aromatic rings. The maximum absolute atomic E-state index is 13.4. The van der Waals surface area contributed by atoms with Crippen LogP contribution in [0.3, 0.4) is 0 Å². The smallest absolute Gasteiger partial charge is 0.194 e. The highest BCUT2D eigenvalue weighted by Gasteiger charge is 2.26. The normalized spacial score (nSPS) is 12.5. The molecule has 160 valence electrons. The summed E-state index contributed by atoms with van der Waals surface area (Å²) in [5.41, 5.74) is 7.04. The highest BCUT2D eigenvalue weighted by atomic mass is 16.3. The molecule has 0 spiro atoms. The first-order chi connectivity index (χ1) is 15.2. The number of aryl methyl sites for hydroxylation is 1. The van der Waals surface area contributed by atoms with E-state index in [0.29, 0.717) is 5.75 Å². The van der Waals surface area contributed by atoms with Gasteiger partial charge in [0, 0.05) is 11.1 Å². The van der Waals surface area contributed by atoms with Gasteiger partial charge in [0.2, 0.25) is 0 Å². The Kier molecular flexibility index (Phi) is 6.86. The Labute approximate surface area is 186 Å². The molecule has 0 unspecified atom stereocenters. The molecule has 1 N–H and O–H groups in total. The summed E-state index contributed by atoms with van der Waals surface area (Å²) in [7, 11) is 0. The molecule has 0 amide bonds. The minimum atomic E-state index is 0.113. The van der Waals surface area contributed by atoms with Crippen LogP contribution < -0.4 is 0 Å². The number of rotatable bonds is 9. The van der Waals surface area contributed by atoms with Crippen LogP contribution in [0.15, 0.2) is 60.7 Å². The highest BCUT2D eigenvalue weighted by molar-refractivity contribution is 6.16. The van der Waals surface area contributed by atoms with E-state index < -0.39 is 0 Å². The maximum Gasteiger partial charge on any atom is 0.194 e. The summed E-state index contributed by atoms with van der Waals surface area (Å²) in [6.45, 7) is 2.25. The summed E-state index contributed by atoms with van der Waals surface area (Å²) in [6, 6.07) is 19.7. The van der Waals surface area contributed by atoms with Crippen molar-refractivity contribution in [3.63, 3.8) is 0 Å². The molecule has 0 saturated heterocycles. The van der Waals surface area contributed by atoms with E-state index >= 15 is 0 Å². The summed E-state index contributed by atoms with van der Waals surface area (Å²) < 4.78 is 0. The molecule has 0 radical (unpaired) electrons. The summed E-state index contributed by atoms with van der Waals surface area (Å²) in [6.07, 6.45) is 10.5. The van der Waals surface area contributed by atoms with Gasteiger partial charge in [0.1, 0.15) is 5.75 Å². The minimum absolute atomic E-state index is 0.113. The van der Waals surface area contributed by atoms with E-state index in [1.807, 2.05) is 30.3 Å². The van der Waals surface area contributed by atoms with Crippen LogP contribution in [0.25, 0.3) is 11.1 Å². The first kappa shape index (κ1) is 21.4. The second kappa shape index (κ2) is 9.96. The topological polar surface area (TPSA) is 37.3 Å². The molecule has 31 heavy (non-hydrogen) atoms. The van der Waals surface area contributed by atoms with Gasteiger partial charge >= 0.3 is 0 Å². The Hall–Kier alpha value is -2.87. The Balaban J connectivity index is 1.59. The van der Waals surface area contributed by atoms with Gasteiger partial charge < -0.3 is 5.11 Å². The molecule has 0 fully saturated rings. The molecule has 0 aromatic heterocycles. The number of hydrogen-bond donors (Lipinski definition) is 1. The lowest BCUT2D eigenvalue weighted by Gasteiger charge is -2.22. The summed E-state index contributed by atoms with van der Waals surface area (Å²) in [5, 5.41) is 10.1. The zero-order chi connectivity index (χ0) is 21.6. The zero-order valence-electron chi connectivity index (χ0n) is 18.5. The molecule has 0 heterocycles. The molecule has 2 heteroatoms. The number of phenolic OH excluding ortho intramolecular Hbond substituents is 1. The lowest BCUT2D eigenvalue weighted by atomic mass is 9.80. The summed E-state index contributed by atoms with van der Waals surface area (Å²) >= 11 is 0. The van der Waals surface area contributed by atoms with Gasteiger partial charge in [0.25, 0.3) is 0 Å². The number of unbranched alkanes of at least 4 members (excludes halogenated alkanes) is 6. The van der Waals surface area contributed by atoms with Crippen LogP contribution in [-0.4, -0.2) is 10.9 Å². The van der Waals surface area contributed by atoms with Crippen molar-refractivity contribution in [3.8, 4) is 16.9 Å². The molecular formula is C29H32O2. The number of benzene rings is 3. The first-order valence-electron chi connectivity index (χ1n) is 11.8. The standard InChI is InChI=1S/C29H32O2/c1-2-3-4-5-6-7-8-12-22-20-24(30)17-18-25(22)27-16-11-14-23-19-21-13-9-10-15-26(21)29(31)28(23)27/h9-11,13-18,20,30H,2-8,12,19H2,1H3. The summed E-state index contributed by atoms with van der Waals surface area (Å²) in [5.74, 6) is 0.408. The fourth-order valence-electron chi connectivity index (χ4n) is 4.80. The maximum atomic E-state index is 13.4. The van der Waals surface area contributed by atoms with Crippen LogP contribution in [-0.2, 0) is 12.8 Å². The molecule has 4 rings (SSSR count). The van der Waals surface area contributed by atoms with Crippen LogP contribution in [0.1, 0.15) is 84.5 Å². The van der Waals surface area contributed by atoms with Crippen LogP contribution >= 0.6 is 0 Å². The van der Waals surface area contributed by atoms with Gasteiger partial charge in [0.05, 0.1) is 0 Å². The van der Waals surface area contributed by atoms with Crippen molar-refractivity contribution >= 4 is 5.78 Å². The number of aromatic hydroxyl groups is 1. The Morgan fingerprint density at radius 2 is 1.45 bits per heavy atom. The van der Waals surface area contributed by atoms with Crippen molar-refractivity contribution in [2.45, 2.75) is 64.7 Å². The van der Waals surface area contributed by atoms with E-state index in [4.69, 9.17) is 0 Å². The van der Waals surface area contributed by atoms with E-state index in [-0.39, 0.29) is 5.78 Å². The fourth-order valence-corrected chi connectivity index (χ4v) is 4.80. The zero-order valence-corrected chi connectivity index (χ0v) is 18.5. The van der Waals surface area contributed by atoms with E-state index in [9.17, 15) is 9.90 Å². The highest BCUT2D eigenvalue weighted by Crippen LogP contribution is 2.37. The van der Waals surface area contributed by atoms with E-state index in [2.05, 4.69) is 31.2 Å². The van der Waals surface area contributed by atoms with Crippen LogP contribution in [0.4, 0.5) is 0 Å². The Morgan fingerprint density at radius 3 is 2.29 bits per heavy atom. The van der Waals surface area contributed by atoms with E-state index in [1.54, 1.807) is 6.07 Å². The first-order valence-corrected chi connectivity index (χ1v) is 11.8. The average molecular weight is 413 g/mol. The molecule has 3 aromatic carbocycles. The van der Waals surface area contributed by atoms with Crippen molar-refractivity contribution in [3.05, 3.63) is 88.5 Å². The van der Waals surface area contributed by atoms with E-state index in [1.165, 1.54) is 38.5 Å². The molecule has 0 bridgehead atoms. The van der Waals surface area contributed by atoms with Crippen molar-refractivity contribution in [2.24, 2.45) is 0 Å². The second-order valence-corrected chi connectivity index (χ2v) is 8.72. The monoisotopic (exact) mass is 412 g/mol. The third-order valence-electron chi connectivity index (χ3n) is 6.45. The molecule has 0 saturated carbocycles. The van der Waals surface area contributed by atoms with Gasteiger partial charge in [-0.2, -0.15) is 0 Å². The molecule has 0 atom stereocenters. The van der Waals surface area contributed by atoms with Gasteiger partial charge in [0.15, 0.2) is 5.78 Å². The number of fused-ring (bicyclic) bond motifs is 2. The molecule has 1 aliphatic carbocycles. The minimum Gasteiger partial charge on any atom is -0.508 e. The number of ketones is 1. The third kappa shape index (κ3) is 4.74. The predicted molar refractivity (Wildman–Crippen MR) is 128 cm³/mol. The van der Waals surface area contributed by atoms with Gasteiger partial charge in [-0.25, -0.2) is 0 Å². The van der Waals surface area contributed by atoms with Crippen LogP contribution in [0, 0.1) is 0 Å². The second-order valence-electron chi connectivity index (χ2n) is 8.72. The number of phenols is 1. The van der Waals surface area contributed by atoms with E-state index in [0.717, 1.165) is 58.2 Å². The van der Waals surface area contributed by atoms with Crippen LogP contribution in [0.5, 0.6) is 5.75 Å². The Morgan fingerprint density at radius 1 is 0.742 bits per heavy atom. The summed E-state index contributed by atoms with van der Waals surface area (Å²) in [4.78, 5) is 13.4. The third-order valence-corrected chi connectivity index (χ3v) is 6.45. The fraction of sp³-hybridized carbons (Fsp3) is 0.345. The molecule has 2 nitrogen and oxygen atoms in total. The van der Waals surface area contributed by atoms with Gasteiger partial charge in [-0.3, -0.25) is 4.79 Å². The largest absolute Gasteiger partial charge is 0.508 e. The molecule has 1 aliphatic rings. The number of carbonyl (C=O) groups is 1. The van der Waals surface area contributed by atoms with Crippen molar-refractivity contribution in [2.75, 3.05) is 0 Å². The predicted octanol–water partition coefficient (Wildman–Crippen LogP) is 7.49. The Bertz CT molecular complexity index is 1060. The molecular weight excluding hydrogens is 380 g/mol. The number of hydrogen-bond acceptors (Lipinski definition) is 2. The van der Waals surface area contributed by atoms with Crippen molar-refractivity contribution < 1.29 is 9.90 Å². The lowest BCUT2D eigenvalue weighted by Crippen LogP contribution is -2.16. The SMILES string of the molecule is CCCCCCCCCc1cc(O)ccc1-c1cccc2c1C(=O)c1ccccc1C2. The van der Waals surface area contributed by atoms with Crippen molar-refractivity contribution in [1.82, 2.24) is 0 Å². The number of carbonyl (C=O) groups excluding carboxylic acids is 1. The molecule has 0 aliphatic heterocycles. The lowest BCUT2D eigenvalue weighted by molar-refractivity contribution is 0.103.